The van der Waals surface area contributed by atoms with Crippen molar-refractivity contribution in [1.82, 2.24) is 4.31 Å². The number of primary sulfonamides is 1. The predicted molar refractivity (Wildman–Crippen MR) is 79.7 cm³/mol. The maximum Gasteiger partial charge on any atom is 0.243 e. The van der Waals surface area contributed by atoms with Crippen LogP contribution in [0.2, 0.25) is 0 Å². The molecule has 0 atom stereocenters. The highest BCUT2D eigenvalue weighted by Crippen LogP contribution is 2.21. The number of nitrogens with two attached hydrogens (primary N) is 1. The van der Waals surface area contributed by atoms with Gasteiger partial charge in [-0.2, -0.15) is 4.31 Å². The van der Waals surface area contributed by atoms with Gasteiger partial charge in [0.2, 0.25) is 20.0 Å². The van der Waals surface area contributed by atoms with Gasteiger partial charge in [-0.3, -0.25) is 0 Å². The van der Waals surface area contributed by atoms with Gasteiger partial charge in [0.05, 0.1) is 9.79 Å². The average Bonchev–Trinajstić information content (AvgIpc) is 2.37. The minimum absolute atomic E-state index is 0.0888. The Kier molecular flexibility index (Phi) is 5.03. The molecule has 1 saturated heterocycles. The van der Waals surface area contributed by atoms with Gasteiger partial charge in [0.15, 0.2) is 0 Å². The fourth-order valence-corrected chi connectivity index (χ4v) is 4.44. The molecule has 1 heterocycles. The Morgan fingerprint density at radius 3 is 1.67 bits per heavy atom. The molecular formula is C13H20N2O4S2. The van der Waals surface area contributed by atoms with E-state index in [4.69, 9.17) is 5.14 Å². The van der Waals surface area contributed by atoms with Gasteiger partial charge in [0, 0.05) is 13.1 Å². The van der Waals surface area contributed by atoms with Crippen molar-refractivity contribution >= 4 is 20.0 Å². The third-order valence-electron chi connectivity index (χ3n) is 3.61. The normalized spacial score (nSPS) is 18.9. The SMILES string of the molecule is NS(=O)(=O)c1ccc(S(=O)(=O)N2CCCCCCC2)cc1. The van der Waals surface area contributed by atoms with Crippen molar-refractivity contribution in [2.45, 2.75) is 41.9 Å². The topological polar surface area (TPSA) is 97.5 Å². The smallest absolute Gasteiger partial charge is 0.225 e. The Bertz CT molecular complexity index is 673. The monoisotopic (exact) mass is 332 g/mol. The molecule has 21 heavy (non-hydrogen) atoms. The first kappa shape index (κ1) is 16.4. The Balaban J connectivity index is 2.26. The van der Waals surface area contributed by atoms with E-state index in [2.05, 4.69) is 0 Å². The van der Waals surface area contributed by atoms with Crippen LogP contribution in [0.25, 0.3) is 0 Å². The summed E-state index contributed by atoms with van der Waals surface area (Å²) in [6.07, 6.45) is 4.94. The molecule has 1 aliphatic heterocycles. The highest BCUT2D eigenvalue weighted by molar-refractivity contribution is 7.89. The second-order valence-corrected chi connectivity index (χ2v) is 8.69. The largest absolute Gasteiger partial charge is 0.243 e. The van der Waals surface area contributed by atoms with Crippen molar-refractivity contribution < 1.29 is 16.8 Å². The van der Waals surface area contributed by atoms with Crippen LogP contribution >= 0.6 is 0 Å². The molecule has 0 saturated carbocycles. The molecule has 1 fully saturated rings. The number of benzene rings is 1. The lowest BCUT2D eigenvalue weighted by Gasteiger charge is -2.24. The van der Waals surface area contributed by atoms with E-state index in [1.165, 1.54) is 28.6 Å². The van der Waals surface area contributed by atoms with Crippen LogP contribution in [0.4, 0.5) is 0 Å². The summed E-state index contributed by atoms with van der Waals surface area (Å²) in [6.45, 7) is 1.03. The summed E-state index contributed by atoms with van der Waals surface area (Å²) in [5.41, 5.74) is 0. The van der Waals surface area contributed by atoms with Crippen LogP contribution in [-0.2, 0) is 20.0 Å². The molecule has 1 aromatic rings. The summed E-state index contributed by atoms with van der Waals surface area (Å²) in [5.74, 6) is 0. The molecule has 6 nitrogen and oxygen atoms in total. The van der Waals surface area contributed by atoms with Crippen LogP contribution in [0.1, 0.15) is 32.1 Å². The molecule has 1 aliphatic rings. The molecule has 0 aliphatic carbocycles. The average molecular weight is 332 g/mol. The van der Waals surface area contributed by atoms with Crippen LogP contribution in [-0.4, -0.2) is 34.2 Å². The molecule has 0 radical (unpaired) electrons. The molecular weight excluding hydrogens is 312 g/mol. The highest BCUT2D eigenvalue weighted by atomic mass is 32.2. The Hall–Kier alpha value is -0.960. The van der Waals surface area contributed by atoms with Crippen LogP contribution in [0.5, 0.6) is 0 Å². The van der Waals surface area contributed by atoms with Crippen molar-refractivity contribution in [3.63, 3.8) is 0 Å². The van der Waals surface area contributed by atoms with E-state index in [1.807, 2.05) is 0 Å². The lowest BCUT2D eigenvalue weighted by Crippen LogP contribution is -2.33. The lowest BCUT2D eigenvalue weighted by molar-refractivity contribution is 0.364. The first-order chi connectivity index (χ1) is 9.82. The van der Waals surface area contributed by atoms with Crippen molar-refractivity contribution in [3.05, 3.63) is 24.3 Å². The van der Waals surface area contributed by atoms with E-state index in [1.54, 1.807) is 0 Å². The van der Waals surface area contributed by atoms with E-state index in [9.17, 15) is 16.8 Å². The zero-order chi connectivity index (χ0) is 15.5. The number of hydrogen-bond donors (Lipinski definition) is 1. The predicted octanol–water partition coefficient (Wildman–Crippen LogP) is 1.29. The first-order valence-electron chi connectivity index (χ1n) is 6.95. The standard InChI is InChI=1S/C13H20N2O4S2/c14-20(16,17)12-6-8-13(9-7-12)21(18,19)15-10-4-2-1-3-5-11-15/h6-9H,1-5,10-11H2,(H2,14,16,17). The molecule has 0 bridgehead atoms. The summed E-state index contributed by atoms with van der Waals surface area (Å²) < 4.78 is 49.0. The van der Waals surface area contributed by atoms with Crippen molar-refractivity contribution in [3.8, 4) is 0 Å². The summed E-state index contributed by atoms with van der Waals surface area (Å²) >= 11 is 0. The highest BCUT2D eigenvalue weighted by Gasteiger charge is 2.24. The van der Waals surface area contributed by atoms with Gasteiger partial charge in [-0.1, -0.05) is 19.3 Å². The minimum Gasteiger partial charge on any atom is -0.225 e. The van der Waals surface area contributed by atoms with Crippen molar-refractivity contribution in [2.24, 2.45) is 5.14 Å². The van der Waals surface area contributed by atoms with Crippen molar-refractivity contribution in [2.75, 3.05) is 13.1 Å². The number of hydrogen-bond acceptors (Lipinski definition) is 4. The maximum absolute atomic E-state index is 12.6. The maximum atomic E-state index is 12.6. The molecule has 2 rings (SSSR count). The minimum atomic E-state index is -3.81. The Morgan fingerprint density at radius 1 is 0.762 bits per heavy atom. The van der Waals surface area contributed by atoms with Crippen LogP contribution in [0.3, 0.4) is 0 Å². The second kappa shape index (κ2) is 6.43. The molecule has 118 valence electrons. The van der Waals surface area contributed by atoms with E-state index >= 15 is 0 Å². The molecule has 0 aromatic heterocycles. The fraction of sp³-hybridized carbons (Fsp3) is 0.538. The van der Waals surface area contributed by atoms with Gasteiger partial charge in [0.1, 0.15) is 0 Å². The lowest BCUT2D eigenvalue weighted by atomic mass is 10.1. The van der Waals surface area contributed by atoms with Crippen LogP contribution in [0, 0.1) is 0 Å². The third-order valence-corrected chi connectivity index (χ3v) is 6.45. The molecule has 0 amide bonds. The Morgan fingerprint density at radius 2 is 1.19 bits per heavy atom. The number of sulfonamides is 2. The summed E-state index contributed by atoms with van der Waals surface area (Å²) in [7, 11) is -7.38. The third kappa shape index (κ3) is 4.03. The van der Waals surface area contributed by atoms with Gasteiger partial charge in [-0.05, 0) is 37.1 Å². The van der Waals surface area contributed by atoms with E-state index in [-0.39, 0.29) is 9.79 Å². The van der Waals surface area contributed by atoms with Gasteiger partial charge >= 0.3 is 0 Å². The first-order valence-corrected chi connectivity index (χ1v) is 9.93. The van der Waals surface area contributed by atoms with Gasteiger partial charge in [-0.15, -0.1) is 0 Å². The van der Waals surface area contributed by atoms with E-state index in [0.717, 1.165) is 32.1 Å². The molecule has 2 N–H and O–H groups in total. The van der Waals surface area contributed by atoms with Gasteiger partial charge in [-0.25, -0.2) is 22.0 Å². The van der Waals surface area contributed by atoms with Gasteiger partial charge < -0.3 is 0 Å². The van der Waals surface area contributed by atoms with Crippen LogP contribution < -0.4 is 5.14 Å². The number of nitrogens with zero attached hydrogens (tertiary/aromatic N) is 1. The summed E-state index contributed by atoms with van der Waals surface area (Å²) in [5, 5.41) is 5.01. The zero-order valence-electron chi connectivity index (χ0n) is 11.7. The molecule has 0 unspecified atom stereocenters. The molecule has 8 heteroatoms. The quantitative estimate of drug-likeness (QED) is 0.901. The summed E-state index contributed by atoms with van der Waals surface area (Å²) in [4.78, 5) is 0.0181. The van der Waals surface area contributed by atoms with Crippen molar-refractivity contribution in [1.29, 1.82) is 0 Å². The van der Waals surface area contributed by atoms with E-state index < -0.39 is 20.0 Å². The number of rotatable bonds is 3. The van der Waals surface area contributed by atoms with E-state index in [0.29, 0.717) is 13.1 Å². The van der Waals surface area contributed by atoms with Crippen LogP contribution in [0.15, 0.2) is 34.1 Å². The zero-order valence-corrected chi connectivity index (χ0v) is 13.4. The summed E-state index contributed by atoms with van der Waals surface area (Å²) in [6, 6.07) is 5.06. The van der Waals surface area contributed by atoms with Gasteiger partial charge in [0.25, 0.3) is 0 Å². The fourth-order valence-electron chi connectivity index (χ4n) is 2.41. The molecule has 1 aromatic carbocycles. The second-order valence-electron chi connectivity index (χ2n) is 5.19. The molecule has 0 spiro atoms. The Labute approximate surface area is 126 Å².